The summed E-state index contributed by atoms with van der Waals surface area (Å²) >= 11 is 5.98. The van der Waals surface area contributed by atoms with Gasteiger partial charge in [0.2, 0.25) is 0 Å². The Labute approximate surface area is 207 Å². The van der Waals surface area contributed by atoms with Crippen LogP contribution in [-0.2, 0) is 13.1 Å². The predicted octanol–water partition coefficient (Wildman–Crippen LogP) is 4.55. The first kappa shape index (κ1) is 23.2. The van der Waals surface area contributed by atoms with Gasteiger partial charge in [0.15, 0.2) is 11.0 Å². The summed E-state index contributed by atoms with van der Waals surface area (Å²) in [6, 6.07) is 16.7. The number of phenols is 3. The van der Waals surface area contributed by atoms with Crippen LogP contribution in [-0.4, -0.2) is 51.3 Å². The third kappa shape index (κ3) is 4.98. The number of aromatic hydroxyl groups is 3. The quantitative estimate of drug-likeness (QED) is 0.376. The second-order valence-corrected chi connectivity index (χ2v) is 9.23. The van der Waals surface area contributed by atoms with E-state index in [4.69, 9.17) is 16.0 Å². The van der Waals surface area contributed by atoms with Crippen molar-refractivity contribution in [3.63, 3.8) is 0 Å². The summed E-state index contributed by atoms with van der Waals surface area (Å²) in [6.07, 6.45) is 0. The maximum Gasteiger partial charge on any atom is 0.197 e. The third-order valence-corrected chi connectivity index (χ3v) is 6.63. The number of fused-ring (bicyclic) bond motifs is 1. The van der Waals surface area contributed by atoms with Crippen molar-refractivity contribution in [2.24, 2.45) is 0 Å². The second-order valence-electron chi connectivity index (χ2n) is 8.80. The van der Waals surface area contributed by atoms with E-state index in [1.165, 1.54) is 29.8 Å². The lowest BCUT2D eigenvalue weighted by molar-refractivity contribution is 0.121. The Kier molecular flexibility index (Phi) is 6.38. The highest BCUT2D eigenvalue weighted by Crippen LogP contribution is 2.36. The first-order valence-corrected chi connectivity index (χ1v) is 11.8. The van der Waals surface area contributed by atoms with E-state index in [0.29, 0.717) is 23.4 Å². The fourth-order valence-electron chi connectivity index (χ4n) is 4.45. The van der Waals surface area contributed by atoms with E-state index in [1.54, 1.807) is 12.1 Å². The van der Waals surface area contributed by atoms with Gasteiger partial charge >= 0.3 is 0 Å². The van der Waals surface area contributed by atoms with E-state index < -0.39 is 5.43 Å². The molecule has 0 atom stereocenters. The molecule has 1 aromatic heterocycles. The largest absolute Gasteiger partial charge is 0.508 e. The van der Waals surface area contributed by atoms with Gasteiger partial charge in [-0.1, -0.05) is 23.7 Å². The van der Waals surface area contributed by atoms with E-state index in [1.807, 2.05) is 24.3 Å². The molecule has 35 heavy (non-hydrogen) atoms. The van der Waals surface area contributed by atoms with Crippen molar-refractivity contribution in [3.05, 3.63) is 87.0 Å². The van der Waals surface area contributed by atoms with Crippen LogP contribution >= 0.6 is 11.6 Å². The van der Waals surface area contributed by atoms with Gasteiger partial charge in [0.1, 0.15) is 28.4 Å². The minimum Gasteiger partial charge on any atom is -0.508 e. The average Bonchev–Trinajstić information content (AvgIpc) is 2.84. The number of nitrogens with zero attached hydrogens (tertiary/aromatic N) is 2. The first-order chi connectivity index (χ1) is 16.9. The van der Waals surface area contributed by atoms with Crippen molar-refractivity contribution in [3.8, 4) is 28.6 Å². The lowest BCUT2D eigenvalue weighted by Gasteiger charge is -2.34. The van der Waals surface area contributed by atoms with Crippen LogP contribution in [0.2, 0.25) is 5.02 Å². The molecule has 0 bridgehead atoms. The van der Waals surface area contributed by atoms with Crippen molar-refractivity contribution >= 4 is 22.6 Å². The number of rotatable bonds is 5. The van der Waals surface area contributed by atoms with Gasteiger partial charge in [-0.05, 0) is 42.0 Å². The van der Waals surface area contributed by atoms with Gasteiger partial charge < -0.3 is 19.7 Å². The fourth-order valence-corrected chi connectivity index (χ4v) is 4.58. The fraction of sp³-hybridized carbons (Fsp3) is 0.222. The summed E-state index contributed by atoms with van der Waals surface area (Å²) < 4.78 is 6.06. The van der Waals surface area contributed by atoms with Crippen LogP contribution in [0.5, 0.6) is 17.2 Å². The van der Waals surface area contributed by atoms with E-state index >= 15 is 0 Å². The van der Waals surface area contributed by atoms with Crippen LogP contribution in [0.25, 0.3) is 22.3 Å². The maximum absolute atomic E-state index is 12.9. The second kappa shape index (κ2) is 9.62. The van der Waals surface area contributed by atoms with E-state index in [-0.39, 0.29) is 28.2 Å². The van der Waals surface area contributed by atoms with Crippen LogP contribution in [0.3, 0.4) is 0 Å². The smallest absolute Gasteiger partial charge is 0.197 e. The molecule has 0 amide bonds. The first-order valence-electron chi connectivity index (χ1n) is 11.4. The van der Waals surface area contributed by atoms with Gasteiger partial charge in [-0.25, -0.2) is 0 Å². The summed E-state index contributed by atoms with van der Waals surface area (Å²) in [5.74, 6) is -0.0470. The summed E-state index contributed by atoms with van der Waals surface area (Å²) in [5, 5.41) is 31.4. The molecule has 0 saturated carbocycles. The maximum atomic E-state index is 12.9. The molecule has 0 radical (unpaired) electrons. The molecule has 4 aromatic rings. The van der Waals surface area contributed by atoms with Gasteiger partial charge in [0.25, 0.3) is 0 Å². The molecule has 1 aliphatic rings. The normalized spacial score (nSPS) is 15.0. The Morgan fingerprint density at radius 3 is 2.09 bits per heavy atom. The number of phenolic OH excluding ortho intramolecular Hbond substituents is 3. The molecule has 3 N–H and O–H groups in total. The van der Waals surface area contributed by atoms with Crippen LogP contribution < -0.4 is 5.43 Å². The van der Waals surface area contributed by atoms with Crippen molar-refractivity contribution in [1.29, 1.82) is 0 Å². The molecule has 1 aliphatic heterocycles. The number of benzene rings is 3. The minimum atomic E-state index is -0.402. The van der Waals surface area contributed by atoms with Crippen molar-refractivity contribution in [2.75, 3.05) is 26.2 Å². The third-order valence-electron chi connectivity index (χ3n) is 6.38. The average molecular weight is 493 g/mol. The van der Waals surface area contributed by atoms with Crippen LogP contribution in [0, 0.1) is 0 Å². The predicted molar refractivity (Wildman–Crippen MR) is 135 cm³/mol. The lowest BCUT2D eigenvalue weighted by Crippen LogP contribution is -2.45. The number of hydrogen-bond acceptors (Lipinski definition) is 7. The Bertz CT molecular complexity index is 1410. The lowest BCUT2D eigenvalue weighted by atomic mass is 10.1. The molecule has 3 aromatic carbocycles. The van der Waals surface area contributed by atoms with Crippen molar-refractivity contribution in [1.82, 2.24) is 9.80 Å². The monoisotopic (exact) mass is 492 g/mol. The summed E-state index contributed by atoms with van der Waals surface area (Å²) in [7, 11) is 0. The van der Waals surface area contributed by atoms with E-state index in [0.717, 1.165) is 37.7 Å². The zero-order valence-corrected chi connectivity index (χ0v) is 19.7. The molecule has 1 saturated heterocycles. The molecule has 180 valence electrons. The highest BCUT2D eigenvalue weighted by molar-refractivity contribution is 6.30. The summed E-state index contributed by atoms with van der Waals surface area (Å²) in [6.45, 7) is 4.46. The van der Waals surface area contributed by atoms with E-state index in [9.17, 15) is 20.1 Å². The number of piperazine rings is 1. The minimum absolute atomic E-state index is 0.0432. The Balaban J connectivity index is 1.39. The molecule has 0 spiro atoms. The zero-order chi connectivity index (χ0) is 24.5. The molecule has 0 unspecified atom stereocenters. The summed E-state index contributed by atoms with van der Waals surface area (Å²) in [4.78, 5) is 17.4. The highest BCUT2D eigenvalue weighted by atomic mass is 35.5. The zero-order valence-electron chi connectivity index (χ0n) is 18.9. The Morgan fingerprint density at radius 2 is 1.43 bits per heavy atom. The molecular weight excluding hydrogens is 468 g/mol. The number of halogens is 1. The van der Waals surface area contributed by atoms with Crippen LogP contribution in [0.4, 0.5) is 0 Å². The van der Waals surface area contributed by atoms with Crippen molar-refractivity contribution < 1.29 is 19.7 Å². The van der Waals surface area contributed by atoms with Crippen LogP contribution in [0.1, 0.15) is 11.1 Å². The standard InChI is InChI=1S/C27H25ClN2O5/c28-19-5-1-17(2-6-19)15-29-9-11-30(12-10-29)16-21-22(32)13-23(33)26-24(34)14-25(35-27(21)26)18-3-7-20(31)8-4-18/h1-8,13-14,31-33H,9-12,15-16H2. The Morgan fingerprint density at radius 1 is 0.800 bits per heavy atom. The van der Waals surface area contributed by atoms with E-state index in [2.05, 4.69) is 9.80 Å². The molecule has 8 heteroatoms. The molecule has 5 rings (SSSR count). The molecule has 7 nitrogen and oxygen atoms in total. The molecule has 1 fully saturated rings. The van der Waals surface area contributed by atoms with Gasteiger partial charge in [-0.15, -0.1) is 0 Å². The molecule has 0 aliphatic carbocycles. The van der Waals surface area contributed by atoms with Gasteiger partial charge in [0.05, 0.1) is 5.56 Å². The van der Waals surface area contributed by atoms with Gasteiger partial charge in [0, 0.05) is 62.0 Å². The number of hydrogen-bond donors (Lipinski definition) is 3. The van der Waals surface area contributed by atoms with Gasteiger partial charge in [-0.2, -0.15) is 0 Å². The van der Waals surface area contributed by atoms with Crippen LogP contribution in [0.15, 0.2) is 69.9 Å². The Hall–Kier alpha value is -3.52. The molecule has 2 heterocycles. The van der Waals surface area contributed by atoms with Crippen molar-refractivity contribution in [2.45, 2.75) is 13.1 Å². The summed E-state index contributed by atoms with van der Waals surface area (Å²) in [5.41, 5.74) is 2.03. The SMILES string of the molecule is O=c1cc(-c2ccc(O)cc2)oc2c(CN3CCN(Cc4ccc(Cl)cc4)CC3)c(O)cc(O)c12. The topological polar surface area (TPSA) is 97.4 Å². The van der Waals surface area contributed by atoms with Gasteiger partial charge in [-0.3, -0.25) is 14.6 Å². The molecular formula is C27H25ClN2O5. The highest BCUT2D eigenvalue weighted by Gasteiger charge is 2.23.